The van der Waals surface area contributed by atoms with Crippen LogP contribution >= 0.6 is 0 Å². The highest BCUT2D eigenvalue weighted by Crippen LogP contribution is 2.39. The van der Waals surface area contributed by atoms with Crippen molar-refractivity contribution in [3.63, 3.8) is 0 Å². The third-order valence-corrected chi connectivity index (χ3v) is 4.58. The molecule has 1 saturated heterocycles. The van der Waals surface area contributed by atoms with E-state index in [9.17, 15) is 14.4 Å². The number of hydrogen-bond donors (Lipinski definition) is 2. The highest BCUT2D eigenvalue weighted by molar-refractivity contribution is 6.09. The molecule has 1 aliphatic carbocycles. The Morgan fingerprint density at radius 3 is 2.96 bits per heavy atom. The largest absolute Gasteiger partial charge is 0.383 e. The molecule has 7 nitrogen and oxygen atoms in total. The molecule has 7 heteroatoms. The Morgan fingerprint density at radius 1 is 1.38 bits per heavy atom. The molecule has 1 spiro atoms. The van der Waals surface area contributed by atoms with E-state index in [2.05, 4.69) is 10.6 Å². The number of ether oxygens (including phenoxy) is 1. The molecule has 0 saturated carbocycles. The number of carbonyl (C=O) groups is 3. The van der Waals surface area contributed by atoms with Gasteiger partial charge in [0.05, 0.1) is 6.61 Å². The number of imide groups is 1. The number of fused-ring (bicyclic) bond motifs is 2. The van der Waals surface area contributed by atoms with Gasteiger partial charge in [0.25, 0.3) is 5.91 Å². The first-order valence-corrected chi connectivity index (χ1v) is 8.06. The molecule has 0 radical (unpaired) electrons. The number of carbonyl (C=O) groups excluding carboxylic acids is 3. The summed E-state index contributed by atoms with van der Waals surface area (Å²) in [6.45, 7) is 0.439. The van der Waals surface area contributed by atoms with Crippen LogP contribution in [0.4, 0.5) is 4.79 Å². The average Bonchev–Trinajstić information content (AvgIpc) is 2.81. The number of hydrogen-bond acceptors (Lipinski definition) is 4. The third kappa shape index (κ3) is 2.75. The quantitative estimate of drug-likeness (QED) is 0.609. The zero-order valence-electron chi connectivity index (χ0n) is 13.6. The molecule has 0 aromatic heterocycles. The zero-order valence-corrected chi connectivity index (χ0v) is 13.6. The lowest BCUT2D eigenvalue weighted by atomic mass is 9.76. The van der Waals surface area contributed by atoms with E-state index in [0.29, 0.717) is 19.6 Å². The highest BCUT2D eigenvalue weighted by Gasteiger charge is 2.54. The first kappa shape index (κ1) is 16.4. The standard InChI is InChI=1S/C17H21N3O4/c1-24-10-9-18-14(21)11-20-15(22)17(19-16(20)23)8-4-6-12-5-2-3-7-13(12)17/h2-3,5,7H,4,6,8-11H2,1H3,(H,18,21)(H,19,23)/t17-/m1/s1. The van der Waals surface area contributed by atoms with Crippen molar-refractivity contribution in [2.24, 2.45) is 0 Å². The van der Waals surface area contributed by atoms with Crippen LogP contribution in [-0.2, 0) is 26.3 Å². The van der Waals surface area contributed by atoms with Gasteiger partial charge in [-0.1, -0.05) is 24.3 Å². The van der Waals surface area contributed by atoms with Crippen LogP contribution in [0.15, 0.2) is 24.3 Å². The molecule has 1 aromatic carbocycles. The van der Waals surface area contributed by atoms with Crippen LogP contribution in [0.5, 0.6) is 0 Å². The van der Waals surface area contributed by atoms with Crippen LogP contribution in [0, 0.1) is 0 Å². The lowest BCUT2D eigenvalue weighted by Crippen LogP contribution is -2.47. The van der Waals surface area contributed by atoms with Crippen molar-refractivity contribution >= 4 is 17.8 Å². The molecule has 1 heterocycles. The smallest absolute Gasteiger partial charge is 0.325 e. The number of amides is 4. The average molecular weight is 331 g/mol. The van der Waals surface area contributed by atoms with Crippen molar-refractivity contribution in [2.75, 3.05) is 26.8 Å². The van der Waals surface area contributed by atoms with Gasteiger partial charge in [-0.15, -0.1) is 0 Å². The second-order valence-corrected chi connectivity index (χ2v) is 6.08. The van der Waals surface area contributed by atoms with Crippen molar-refractivity contribution in [3.8, 4) is 0 Å². The number of urea groups is 1. The molecular weight excluding hydrogens is 310 g/mol. The number of rotatable bonds is 5. The van der Waals surface area contributed by atoms with Gasteiger partial charge in [0.2, 0.25) is 5.91 Å². The summed E-state index contributed by atoms with van der Waals surface area (Å²) in [5, 5.41) is 5.45. The van der Waals surface area contributed by atoms with E-state index in [1.54, 1.807) is 0 Å². The molecule has 1 aliphatic heterocycles. The molecule has 24 heavy (non-hydrogen) atoms. The van der Waals surface area contributed by atoms with Crippen LogP contribution in [-0.4, -0.2) is 49.6 Å². The van der Waals surface area contributed by atoms with Gasteiger partial charge in [-0.2, -0.15) is 0 Å². The molecule has 1 aromatic rings. The number of nitrogens with zero attached hydrogens (tertiary/aromatic N) is 1. The fourth-order valence-electron chi connectivity index (χ4n) is 3.45. The van der Waals surface area contributed by atoms with Crippen molar-refractivity contribution in [1.29, 1.82) is 0 Å². The lowest BCUT2D eigenvalue weighted by molar-refractivity contribution is -0.135. The second-order valence-electron chi connectivity index (χ2n) is 6.08. The maximum Gasteiger partial charge on any atom is 0.325 e. The first-order valence-electron chi connectivity index (χ1n) is 8.06. The number of nitrogens with one attached hydrogen (secondary N) is 2. The molecule has 2 N–H and O–H groups in total. The Balaban J connectivity index is 1.79. The summed E-state index contributed by atoms with van der Waals surface area (Å²) in [5.41, 5.74) is 0.888. The molecular formula is C17H21N3O4. The van der Waals surface area contributed by atoms with Crippen LogP contribution in [0.3, 0.4) is 0 Å². The number of methoxy groups -OCH3 is 1. The van der Waals surface area contributed by atoms with Crippen molar-refractivity contribution in [2.45, 2.75) is 24.8 Å². The molecule has 4 amide bonds. The van der Waals surface area contributed by atoms with Crippen LogP contribution < -0.4 is 10.6 Å². The SMILES string of the molecule is COCCNC(=O)CN1C(=O)N[C@@]2(CCCc3ccccc32)C1=O. The minimum atomic E-state index is -1.03. The van der Waals surface area contributed by atoms with Crippen LogP contribution in [0.1, 0.15) is 24.0 Å². The molecule has 128 valence electrons. The normalized spacial score (nSPS) is 22.5. The van der Waals surface area contributed by atoms with Crippen LogP contribution in [0.25, 0.3) is 0 Å². The Bertz CT molecular complexity index is 676. The fraction of sp³-hybridized carbons (Fsp3) is 0.471. The molecule has 1 atom stereocenters. The fourth-order valence-corrected chi connectivity index (χ4v) is 3.45. The van der Waals surface area contributed by atoms with Gasteiger partial charge in [0, 0.05) is 13.7 Å². The number of aryl methyl sites for hydroxylation is 1. The third-order valence-electron chi connectivity index (χ3n) is 4.58. The van der Waals surface area contributed by atoms with E-state index in [1.807, 2.05) is 24.3 Å². The van der Waals surface area contributed by atoms with E-state index in [0.717, 1.165) is 28.9 Å². The second kappa shape index (κ2) is 6.60. The molecule has 1 fully saturated rings. The summed E-state index contributed by atoms with van der Waals surface area (Å²) < 4.78 is 4.86. The van der Waals surface area contributed by atoms with E-state index in [1.165, 1.54) is 7.11 Å². The predicted molar refractivity (Wildman–Crippen MR) is 86.2 cm³/mol. The van der Waals surface area contributed by atoms with Gasteiger partial charge >= 0.3 is 6.03 Å². The summed E-state index contributed by atoms with van der Waals surface area (Å²) in [7, 11) is 1.54. The van der Waals surface area contributed by atoms with Gasteiger partial charge < -0.3 is 15.4 Å². The minimum Gasteiger partial charge on any atom is -0.383 e. The minimum absolute atomic E-state index is 0.279. The zero-order chi connectivity index (χ0) is 17.2. The molecule has 0 bridgehead atoms. The predicted octanol–water partition coefficient (Wildman–Crippen LogP) is 0.533. The van der Waals surface area contributed by atoms with E-state index < -0.39 is 11.6 Å². The first-order chi connectivity index (χ1) is 11.6. The maximum atomic E-state index is 13.0. The Labute approximate surface area is 140 Å². The van der Waals surface area contributed by atoms with Crippen molar-refractivity contribution in [1.82, 2.24) is 15.5 Å². The summed E-state index contributed by atoms with van der Waals surface area (Å²) in [5.74, 6) is -0.724. The monoisotopic (exact) mass is 331 g/mol. The highest BCUT2D eigenvalue weighted by atomic mass is 16.5. The summed E-state index contributed by atoms with van der Waals surface area (Å²) in [4.78, 5) is 38.2. The van der Waals surface area contributed by atoms with Gasteiger partial charge in [0.1, 0.15) is 12.1 Å². The van der Waals surface area contributed by atoms with Crippen molar-refractivity contribution < 1.29 is 19.1 Å². The Morgan fingerprint density at radius 2 is 2.17 bits per heavy atom. The maximum absolute atomic E-state index is 13.0. The molecule has 3 rings (SSSR count). The summed E-state index contributed by atoms with van der Waals surface area (Å²) in [6.07, 6.45) is 2.26. The summed E-state index contributed by atoms with van der Waals surface area (Å²) >= 11 is 0. The van der Waals surface area contributed by atoms with Gasteiger partial charge in [-0.3, -0.25) is 14.5 Å². The van der Waals surface area contributed by atoms with Crippen LogP contribution in [0.2, 0.25) is 0 Å². The van der Waals surface area contributed by atoms with E-state index >= 15 is 0 Å². The Kier molecular flexibility index (Phi) is 4.53. The Hall–Kier alpha value is -2.41. The van der Waals surface area contributed by atoms with Gasteiger partial charge in [-0.25, -0.2) is 4.79 Å². The van der Waals surface area contributed by atoms with Crippen molar-refractivity contribution in [3.05, 3.63) is 35.4 Å². The van der Waals surface area contributed by atoms with E-state index in [4.69, 9.17) is 4.74 Å². The van der Waals surface area contributed by atoms with Gasteiger partial charge in [0.15, 0.2) is 0 Å². The number of benzene rings is 1. The molecule has 0 unspecified atom stereocenters. The summed E-state index contributed by atoms with van der Waals surface area (Å²) in [6, 6.07) is 7.15. The lowest BCUT2D eigenvalue weighted by Gasteiger charge is -2.33. The molecule has 2 aliphatic rings. The van der Waals surface area contributed by atoms with Gasteiger partial charge in [-0.05, 0) is 30.4 Å². The van der Waals surface area contributed by atoms with E-state index in [-0.39, 0.29) is 18.4 Å². The topological polar surface area (TPSA) is 87.7 Å².